The van der Waals surface area contributed by atoms with Crippen LogP contribution >= 0.6 is 0 Å². The Labute approximate surface area is 129 Å². The van der Waals surface area contributed by atoms with Crippen molar-refractivity contribution >= 4 is 11.9 Å². The lowest BCUT2D eigenvalue weighted by molar-refractivity contribution is -0.142. The third kappa shape index (κ3) is 3.75. The van der Waals surface area contributed by atoms with E-state index in [0.29, 0.717) is 24.5 Å². The quantitative estimate of drug-likeness (QED) is 0.833. The van der Waals surface area contributed by atoms with Gasteiger partial charge in [0, 0.05) is 5.69 Å². The summed E-state index contributed by atoms with van der Waals surface area (Å²) in [4.78, 5) is 26.7. The van der Waals surface area contributed by atoms with Crippen molar-refractivity contribution in [1.82, 2.24) is 4.98 Å². The average Bonchev–Trinajstić information content (AvgIpc) is 2.92. The topological polar surface area (TPSA) is 68.4 Å². The van der Waals surface area contributed by atoms with Crippen molar-refractivity contribution in [3.8, 4) is 11.3 Å². The molecule has 2 aromatic rings. The van der Waals surface area contributed by atoms with Crippen molar-refractivity contribution in [3.05, 3.63) is 47.7 Å². The number of ether oxygens (including phenoxy) is 2. The average molecular weight is 301 g/mol. The number of rotatable bonds is 6. The van der Waals surface area contributed by atoms with Gasteiger partial charge in [0.15, 0.2) is 0 Å². The molecule has 0 spiro atoms. The van der Waals surface area contributed by atoms with Crippen LogP contribution in [0, 0.1) is 0 Å². The third-order valence-electron chi connectivity index (χ3n) is 3.10. The van der Waals surface area contributed by atoms with Gasteiger partial charge in [-0.15, -0.1) is 0 Å². The van der Waals surface area contributed by atoms with Gasteiger partial charge in [-0.1, -0.05) is 30.3 Å². The molecule has 0 radical (unpaired) electrons. The van der Waals surface area contributed by atoms with Crippen LogP contribution in [0.4, 0.5) is 0 Å². The SMILES string of the molecule is CCOC(=O)Cc1cc(C(=O)OCC)[nH]c1-c1ccccc1. The van der Waals surface area contributed by atoms with Crippen molar-refractivity contribution < 1.29 is 19.1 Å². The number of hydrogen-bond acceptors (Lipinski definition) is 4. The number of aromatic amines is 1. The van der Waals surface area contributed by atoms with Gasteiger partial charge in [-0.05, 0) is 31.0 Å². The first-order valence-corrected chi connectivity index (χ1v) is 7.25. The lowest BCUT2D eigenvalue weighted by atomic mass is 10.1. The first kappa shape index (κ1) is 15.8. The molecule has 1 aromatic carbocycles. The maximum absolute atomic E-state index is 11.9. The Morgan fingerprint density at radius 2 is 1.73 bits per heavy atom. The molecule has 1 aromatic heterocycles. The summed E-state index contributed by atoms with van der Waals surface area (Å²) in [6.07, 6.45) is 0.105. The van der Waals surface area contributed by atoms with Crippen molar-refractivity contribution in [2.75, 3.05) is 13.2 Å². The van der Waals surface area contributed by atoms with Gasteiger partial charge in [0.05, 0.1) is 19.6 Å². The molecule has 5 heteroatoms. The van der Waals surface area contributed by atoms with E-state index < -0.39 is 5.97 Å². The van der Waals surface area contributed by atoms with Crippen LogP contribution in [-0.4, -0.2) is 30.1 Å². The smallest absolute Gasteiger partial charge is 0.354 e. The predicted molar refractivity (Wildman–Crippen MR) is 82.5 cm³/mol. The molecule has 116 valence electrons. The second-order valence-corrected chi connectivity index (χ2v) is 4.65. The van der Waals surface area contributed by atoms with E-state index >= 15 is 0 Å². The first-order chi connectivity index (χ1) is 10.7. The van der Waals surface area contributed by atoms with E-state index in [9.17, 15) is 9.59 Å². The van der Waals surface area contributed by atoms with E-state index in [2.05, 4.69) is 4.98 Å². The fourth-order valence-electron chi connectivity index (χ4n) is 2.19. The molecule has 22 heavy (non-hydrogen) atoms. The highest BCUT2D eigenvalue weighted by Gasteiger charge is 2.18. The summed E-state index contributed by atoms with van der Waals surface area (Å²) in [5.41, 5.74) is 2.68. The molecule has 0 aliphatic carbocycles. The molecular formula is C17H19NO4. The van der Waals surface area contributed by atoms with Crippen LogP contribution in [0.2, 0.25) is 0 Å². The molecule has 0 atom stereocenters. The highest BCUT2D eigenvalue weighted by Crippen LogP contribution is 2.25. The van der Waals surface area contributed by atoms with E-state index in [-0.39, 0.29) is 12.4 Å². The van der Waals surface area contributed by atoms with Crippen LogP contribution in [-0.2, 0) is 20.7 Å². The predicted octanol–water partition coefficient (Wildman–Crippen LogP) is 2.96. The molecule has 1 N–H and O–H groups in total. The molecule has 0 unspecified atom stereocenters. The number of aromatic nitrogens is 1. The molecule has 2 rings (SSSR count). The standard InChI is InChI=1S/C17H19NO4/c1-3-21-15(19)11-13-10-14(17(20)22-4-2)18-16(13)12-8-6-5-7-9-12/h5-10,18H,3-4,11H2,1-2H3. The van der Waals surface area contributed by atoms with Gasteiger partial charge in [0.25, 0.3) is 0 Å². The summed E-state index contributed by atoms with van der Waals surface area (Å²) in [6.45, 7) is 4.13. The van der Waals surface area contributed by atoms with Crippen molar-refractivity contribution in [3.63, 3.8) is 0 Å². The molecule has 1 heterocycles. The number of esters is 2. The van der Waals surface area contributed by atoms with Crippen LogP contribution in [0.5, 0.6) is 0 Å². The normalized spacial score (nSPS) is 10.3. The lowest BCUT2D eigenvalue weighted by Gasteiger charge is -2.04. The van der Waals surface area contributed by atoms with E-state index in [1.807, 2.05) is 30.3 Å². The van der Waals surface area contributed by atoms with E-state index in [4.69, 9.17) is 9.47 Å². The van der Waals surface area contributed by atoms with E-state index in [0.717, 1.165) is 11.3 Å². The lowest BCUT2D eigenvalue weighted by Crippen LogP contribution is -2.07. The molecular weight excluding hydrogens is 282 g/mol. The molecule has 0 saturated carbocycles. The van der Waals surface area contributed by atoms with Gasteiger partial charge >= 0.3 is 11.9 Å². The van der Waals surface area contributed by atoms with Gasteiger partial charge in [-0.2, -0.15) is 0 Å². The minimum atomic E-state index is -0.435. The molecule has 0 aliphatic rings. The van der Waals surface area contributed by atoms with Crippen LogP contribution in [0.25, 0.3) is 11.3 Å². The molecule has 0 saturated heterocycles. The number of carbonyl (C=O) groups excluding carboxylic acids is 2. The highest BCUT2D eigenvalue weighted by atomic mass is 16.5. The number of carbonyl (C=O) groups is 2. The highest BCUT2D eigenvalue weighted by molar-refractivity contribution is 5.90. The van der Waals surface area contributed by atoms with Gasteiger partial charge in [0.2, 0.25) is 0 Å². The number of hydrogen-bond donors (Lipinski definition) is 1. The monoisotopic (exact) mass is 301 g/mol. The summed E-state index contributed by atoms with van der Waals surface area (Å²) >= 11 is 0. The Bertz CT molecular complexity index is 646. The number of benzene rings is 1. The Kier molecular flexibility index (Phi) is 5.36. The number of nitrogens with one attached hydrogen (secondary N) is 1. The van der Waals surface area contributed by atoms with Gasteiger partial charge in [-0.25, -0.2) is 4.79 Å². The number of H-pyrrole nitrogens is 1. The van der Waals surface area contributed by atoms with Gasteiger partial charge < -0.3 is 14.5 Å². The van der Waals surface area contributed by atoms with Crippen LogP contribution in [0.1, 0.15) is 29.9 Å². The summed E-state index contributed by atoms with van der Waals surface area (Å²) < 4.78 is 9.98. The second kappa shape index (κ2) is 7.45. The Morgan fingerprint density at radius 3 is 2.36 bits per heavy atom. The second-order valence-electron chi connectivity index (χ2n) is 4.65. The van der Waals surface area contributed by atoms with E-state index in [1.54, 1.807) is 19.9 Å². The summed E-state index contributed by atoms with van der Waals surface area (Å²) in [5.74, 6) is -0.760. The Morgan fingerprint density at radius 1 is 1.05 bits per heavy atom. The van der Waals surface area contributed by atoms with Crippen LogP contribution < -0.4 is 0 Å². The largest absolute Gasteiger partial charge is 0.466 e. The van der Waals surface area contributed by atoms with Crippen molar-refractivity contribution in [1.29, 1.82) is 0 Å². The fraction of sp³-hybridized carbons (Fsp3) is 0.294. The Balaban J connectivity index is 2.36. The van der Waals surface area contributed by atoms with Crippen LogP contribution in [0.3, 0.4) is 0 Å². The van der Waals surface area contributed by atoms with Gasteiger partial charge in [0.1, 0.15) is 5.69 Å². The zero-order valence-electron chi connectivity index (χ0n) is 12.7. The first-order valence-electron chi connectivity index (χ1n) is 7.25. The summed E-state index contributed by atoms with van der Waals surface area (Å²) in [7, 11) is 0. The van der Waals surface area contributed by atoms with Crippen molar-refractivity contribution in [2.45, 2.75) is 20.3 Å². The molecule has 0 amide bonds. The third-order valence-corrected chi connectivity index (χ3v) is 3.10. The summed E-state index contributed by atoms with van der Waals surface area (Å²) in [5, 5.41) is 0. The molecule has 0 fully saturated rings. The summed E-state index contributed by atoms with van der Waals surface area (Å²) in [6, 6.07) is 11.2. The minimum Gasteiger partial charge on any atom is -0.466 e. The van der Waals surface area contributed by atoms with Crippen molar-refractivity contribution in [2.24, 2.45) is 0 Å². The Hall–Kier alpha value is -2.56. The molecule has 5 nitrogen and oxygen atoms in total. The zero-order valence-corrected chi connectivity index (χ0v) is 12.7. The van der Waals surface area contributed by atoms with Gasteiger partial charge in [-0.3, -0.25) is 4.79 Å². The maximum Gasteiger partial charge on any atom is 0.354 e. The minimum absolute atomic E-state index is 0.105. The van der Waals surface area contributed by atoms with E-state index in [1.165, 1.54) is 0 Å². The zero-order chi connectivity index (χ0) is 15.9. The fourth-order valence-corrected chi connectivity index (χ4v) is 2.19. The maximum atomic E-state index is 11.9. The van der Waals surface area contributed by atoms with Crippen LogP contribution in [0.15, 0.2) is 36.4 Å². The molecule has 0 bridgehead atoms. The molecule has 0 aliphatic heterocycles.